The van der Waals surface area contributed by atoms with Crippen LogP contribution in [0.4, 0.5) is 0 Å². The van der Waals surface area contributed by atoms with Crippen LogP contribution in [0.1, 0.15) is 41.1 Å². The number of thioether (sulfide) groups is 1. The normalized spacial score (nSPS) is 13.4. The van der Waals surface area contributed by atoms with E-state index in [1.54, 1.807) is 23.1 Å². The second-order valence-electron chi connectivity index (χ2n) is 8.28. The third-order valence-electron chi connectivity index (χ3n) is 5.70. The topological polar surface area (TPSA) is 78.1 Å². The highest BCUT2D eigenvalue weighted by Crippen LogP contribution is 2.33. The van der Waals surface area contributed by atoms with Gasteiger partial charge < -0.3 is 15.2 Å². The van der Waals surface area contributed by atoms with E-state index in [1.165, 1.54) is 22.4 Å². The van der Waals surface area contributed by atoms with Crippen molar-refractivity contribution < 1.29 is 4.79 Å². The molecule has 1 amide bonds. The molecule has 1 aliphatic rings. The zero-order chi connectivity index (χ0) is 22.3. The summed E-state index contributed by atoms with van der Waals surface area (Å²) in [7, 11) is 2.06. The summed E-state index contributed by atoms with van der Waals surface area (Å²) in [6.07, 6.45) is 4.88. The number of fused-ring (bicyclic) bond motifs is 3. The van der Waals surface area contributed by atoms with Gasteiger partial charge in [0.1, 0.15) is 10.7 Å². The van der Waals surface area contributed by atoms with Gasteiger partial charge >= 0.3 is 0 Å². The molecule has 3 aromatic rings. The Balaban J connectivity index is 1.17. The highest BCUT2D eigenvalue weighted by Gasteiger charge is 2.19. The maximum absolute atomic E-state index is 12.6. The average molecular weight is 471 g/mol. The number of hydrogen-bond acceptors (Lipinski definition) is 6. The summed E-state index contributed by atoms with van der Waals surface area (Å²) in [6, 6.07) is 10.3. The smallest absolute Gasteiger partial charge is 0.259 e. The number of carbonyl (C=O) groups excluding carboxylic acids is 1. The van der Waals surface area contributed by atoms with Gasteiger partial charge in [0.15, 0.2) is 0 Å². The fraction of sp³-hybridized carbons (Fsp3) is 0.458. The van der Waals surface area contributed by atoms with E-state index >= 15 is 0 Å². The van der Waals surface area contributed by atoms with Gasteiger partial charge in [-0.15, -0.1) is 11.3 Å². The number of nitrogens with zero attached hydrogens (tertiary/aromatic N) is 2. The molecule has 32 heavy (non-hydrogen) atoms. The molecule has 0 saturated heterocycles. The summed E-state index contributed by atoms with van der Waals surface area (Å²) in [5.74, 6) is 2.08. The van der Waals surface area contributed by atoms with Crippen LogP contribution in [-0.2, 0) is 29.9 Å². The van der Waals surface area contributed by atoms with Crippen LogP contribution < -0.4 is 10.9 Å². The molecule has 170 valence electrons. The summed E-state index contributed by atoms with van der Waals surface area (Å²) >= 11 is 3.30. The van der Waals surface area contributed by atoms with E-state index in [2.05, 4.69) is 34.4 Å². The lowest BCUT2D eigenvalue weighted by atomic mass is 9.97. The first-order valence-corrected chi connectivity index (χ1v) is 13.2. The molecule has 0 radical (unpaired) electrons. The maximum atomic E-state index is 12.6. The fourth-order valence-electron chi connectivity index (χ4n) is 4.06. The van der Waals surface area contributed by atoms with Gasteiger partial charge in [-0.1, -0.05) is 30.3 Å². The van der Waals surface area contributed by atoms with Gasteiger partial charge in [0.05, 0.1) is 11.1 Å². The van der Waals surface area contributed by atoms with Crippen molar-refractivity contribution in [3.8, 4) is 0 Å². The monoisotopic (exact) mass is 470 g/mol. The van der Waals surface area contributed by atoms with E-state index in [4.69, 9.17) is 4.98 Å². The molecule has 2 aromatic heterocycles. The molecule has 0 unspecified atom stereocenters. The van der Waals surface area contributed by atoms with Crippen molar-refractivity contribution in [2.75, 3.05) is 25.9 Å². The van der Waals surface area contributed by atoms with Crippen molar-refractivity contribution >= 4 is 39.2 Å². The first-order valence-electron chi connectivity index (χ1n) is 11.2. The van der Waals surface area contributed by atoms with Gasteiger partial charge in [-0.2, -0.15) is 11.8 Å². The third kappa shape index (κ3) is 5.99. The lowest BCUT2D eigenvalue weighted by Crippen LogP contribution is -2.32. The lowest BCUT2D eigenvalue weighted by Gasteiger charge is -2.17. The number of aryl methyl sites for hydroxylation is 2. The highest BCUT2D eigenvalue weighted by molar-refractivity contribution is 7.98. The summed E-state index contributed by atoms with van der Waals surface area (Å²) in [5, 5.41) is 3.79. The second kappa shape index (κ2) is 11.1. The number of thiophene rings is 1. The molecule has 0 spiro atoms. The number of amides is 1. The first kappa shape index (κ1) is 23.0. The number of nitrogens with one attached hydrogen (secondary N) is 2. The van der Waals surface area contributed by atoms with E-state index in [0.29, 0.717) is 30.3 Å². The maximum Gasteiger partial charge on any atom is 0.259 e. The van der Waals surface area contributed by atoms with Crippen molar-refractivity contribution in [3.63, 3.8) is 0 Å². The largest absolute Gasteiger partial charge is 0.355 e. The Bertz CT molecular complexity index is 1110. The predicted molar refractivity (Wildman–Crippen MR) is 133 cm³/mol. The van der Waals surface area contributed by atoms with Gasteiger partial charge in [-0.3, -0.25) is 9.59 Å². The van der Waals surface area contributed by atoms with Crippen LogP contribution in [0, 0.1) is 0 Å². The number of rotatable bonds is 10. The number of aromatic nitrogens is 2. The fourth-order valence-corrected chi connectivity index (χ4v) is 6.14. The van der Waals surface area contributed by atoms with Crippen molar-refractivity contribution in [1.29, 1.82) is 0 Å². The molecule has 6 nitrogen and oxygen atoms in total. The minimum absolute atomic E-state index is 0.0117. The van der Waals surface area contributed by atoms with Crippen molar-refractivity contribution in [1.82, 2.24) is 20.2 Å². The molecule has 0 atom stereocenters. The number of aromatic amines is 1. The first-order chi connectivity index (χ1) is 15.6. The van der Waals surface area contributed by atoms with Crippen LogP contribution in [-0.4, -0.2) is 46.7 Å². The molecular weight excluding hydrogens is 440 g/mol. The third-order valence-corrected chi connectivity index (χ3v) is 7.85. The zero-order valence-electron chi connectivity index (χ0n) is 18.5. The van der Waals surface area contributed by atoms with E-state index in [9.17, 15) is 9.59 Å². The van der Waals surface area contributed by atoms with Crippen LogP contribution in [0.5, 0.6) is 0 Å². The molecule has 0 fully saturated rings. The number of hydrogen-bond donors (Lipinski definition) is 2. The van der Waals surface area contributed by atoms with Crippen LogP contribution >= 0.6 is 23.1 Å². The SMILES string of the molecule is CN(CCNC(=O)CCSCc1nc2sc3c(c2c(=O)[nH]1)CCCC3)Cc1ccccc1. The summed E-state index contributed by atoms with van der Waals surface area (Å²) in [5.41, 5.74) is 2.47. The Morgan fingerprint density at radius 1 is 1.25 bits per heavy atom. The Labute approximate surface area is 196 Å². The summed E-state index contributed by atoms with van der Waals surface area (Å²) in [6.45, 7) is 2.32. The van der Waals surface area contributed by atoms with Gasteiger partial charge in [0.25, 0.3) is 5.56 Å². The number of carbonyl (C=O) groups is 1. The lowest BCUT2D eigenvalue weighted by molar-refractivity contribution is -0.120. The van der Waals surface area contributed by atoms with Gasteiger partial charge in [0.2, 0.25) is 5.91 Å². The molecular formula is C24H30N4O2S2. The van der Waals surface area contributed by atoms with Gasteiger partial charge in [0, 0.05) is 36.7 Å². The van der Waals surface area contributed by atoms with Crippen LogP contribution in [0.3, 0.4) is 0 Å². The predicted octanol–water partition coefficient (Wildman–Crippen LogP) is 3.73. The molecule has 1 aliphatic carbocycles. The number of likely N-dealkylation sites (N-methyl/N-ethyl adjacent to an activating group) is 1. The Kier molecular flexibility index (Phi) is 8.00. The van der Waals surface area contributed by atoms with Gasteiger partial charge in [-0.05, 0) is 43.9 Å². The standard InChI is InChI=1S/C24H30N4O2S2/c1-28(15-17-7-3-2-4-8-17)13-12-25-21(29)11-14-31-16-20-26-23(30)22-18-9-5-6-10-19(18)32-24(22)27-20/h2-4,7-8H,5-6,9-16H2,1H3,(H,25,29)(H,26,27,30). The van der Waals surface area contributed by atoms with Crippen LogP contribution in [0.25, 0.3) is 10.2 Å². The van der Waals surface area contributed by atoms with E-state index < -0.39 is 0 Å². The van der Waals surface area contributed by atoms with Crippen LogP contribution in [0.15, 0.2) is 35.1 Å². The van der Waals surface area contributed by atoms with Crippen molar-refractivity contribution in [2.24, 2.45) is 0 Å². The minimum atomic E-state index is -0.0117. The molecule has 0 bridgehead atoms. The van der Waals surface area contributed by atoms with E-state index in [1.807, 2.05) is 18.2 Å². The van der Waals surface area contributed by atoms with Crippen LogP contribution in [0.2, 0.25) is 0 Å². The van der Waals surface area contributed by atoms with Gasteiger partial charge in [-0.25, -0.2) is 4.98 Å². The highest BCUT2D eigenvalue weighted by atomic mass is 32.2. The Morgan fingerprint density at radius 2 is 2.06 bits per heavy atom. The number of H-pyrrole nitrogens is 1. The minimum Gasteiger partial charge on any atom is -0.355 e. The summed E-state index contributed by atoms with van der Waals surface area (Å²) < 4.78 is 0. The van der Waals surface area contributed by atoms with Crippen molar-refractivity contribution in [3.05, 3.63) is 62.5 Å². The Morgan fingerprint density at radius 3 is 2.91 bits per heavy atom. The van der Waals surface area contributed by atoms with E-state index in [-0.39, 0.29) is 11.5 Å². The second-order valence-corrected chi connectivity index (χ2v) is 10.5. The summed E-state index contributed by atoms with van der Waals surface area (Å²) in [4.78, 5) is 36.8. The Hall–Kier alpha value is -2.16. The molecule has 0 aliphatic heterocycles. The number of benzene rings is 1. The molecule has 1 aromatic carbocycles. The van der Waals surface area contributed by atoms with Crippen molar-refractivity contribution in [2.45, 2.75) is 44.4 Å². The zero-order valence-corrected chi connectivity index (χ0v) is 20.1. The van der Waals surface area contributed by atoms with E-state index in [0.717, 1.165) is 42.6 Å². The molecule has 2 N–H and O–H groups in total. The average Bonchev–Trinajstić information content (AvgIpc) is 3.16. The molecule has 2 heterocycles. The molecule has 8 heteroatoms. The molecule has 0 saturated carbocycles. The molecule has 4 rings (SSSR count). The quantitative estimate of drug-likeness (QED) is 0.442.